The van der Waals surface area contributed by atoms with Crippen molar-refractivity contribution in [2.75, 3.05) is 5.32 Å². The molecule has 0 aliphatic heterocycles. The van der Waals surface area contributed by atoms with E-state index in [0.717, 1.165) is 16.9 Å². The molecule has 1 amide bonds. The minimum absolute atomic E-state index is 0.0772. The van der Waals surface area contributed by atoms with Gasteiger partial charge in [-0.15, -0.1) is 5.10 Å². The van der Waals surface area contributed by atoms with Crippen LogP contribution in [0.25, 0.3) is 17.1 Å². The van der Waals surface area contributed by atoms with E-state index in [-0.39, 0.29) is 5.82 Å². The van der Waals surface area contributed by atoms with Gasteiger partial charge in [0.15, 0.2) is 11.6 Å². The van der Waals surface area contributed by atoms with Gasteiger partial charge in [-0.2, -0.15) is 5.10 Å². The van der Waals surface area contributed by atoms with Crippen molar-refractivity contribution in [3.8, 4) is 17.1 Å². The number of carbonyl (C=O) groups is 1. The standard InChI is InChI=1S/C19H16N6O/c1-13-12-16(23-22-13)20-19(26)17-21-18(14-8-4-2-5-9-14)25(24-17)15-10-6-3-7-11-15/h2-12H,1H3,(H2,20,22,23,26). The van der Waals surface area contributed by atoms with Crippen molar-refractivity contribution in [3.63, 3.8) is 0 Å². The predicted molar refractivity (Wildman–Crippen MR) is 98.1 cm³/mol. The number of para-hydroxylation sites is 1. The fraction of sp³-hybridized carbons (Fsp3) is 0.0526. The summed E-state index contributed by atoms with van der Waals surface area (Å²) in [5.41, 5.74) is 2.56. The number of amides is 1. The summed E-state index contributed by atoms with van der Waals surface area (Å²) in [6, 6.07) is 21.0. The first-order valence-electron chi connectivity index (χ1n) is 8.12. The molecule has 0 spiro atoms. The third-order valence-electron chi connectivity index (χ3n) is 3.79. The number of aromatic amines is 1. The zero-order chi connectivity index (χ0) is 17.9. The topological polar surface area (TPSA) is 88.5 Å². The van der Waals surface area contributed by atoms with Crippen molar-refractivity contribution in [2.45, 2.75) is 6.92 Å². The highest BCUT2D eigenvalue weighted by molar-refractivity contribution is 6.01. The van der Waals surface area contributed by atoms with Crippen LogP contribution in [-0.4, -0.2) is 30.9 Å². The Bertz CT molecular complexity index is 979. The lowest BCUT2D eigenvalue weighted by Crippen LogP contribution is -2.14. The van der Waals surface area contributed by atoms with Gasteiger partial charge in [-0.1, -0.05) is 48.5 Å². The van der Waals surface area contributed by atoms with Crippen LogP contribution in [0.1, 0.15) is 16.3 Å². The van der Waals surface area contributed by atoms with Gasteiger partial charge >= 0.3 is 0 Å². The molecule has 2 aromatic carbocycles. The molecule has 0 saturated heterocycles. The van der Waals surface area contributed by atoms with E-state index in [0.29, 0.717) is 11.6 Å². The summed E-state index contributed by atoms with van der Waals surface area (Å²) in [7, 11) is 0. The number of hydrogen-bond acceptors (Lipinski definition) is 4. The number of nitrogens with zero attached hydrogens (tertiary/aromatic N) is 4. The van der Waals surface area contributed by atoms with Gasteiger partial charge < -0.3 is 5.32 Å². The molecule has 0 aliphatic carbocycles. The lowest BCUT2D eigenvalue weighted by atomic mass is 10.2. The number of rotatable bonds is 4. The van der Waals surface area contributed by atoms with Crippen molar-refractivity contribution >= 4 is 11.7 Å². The van der Waals surface area contributed by atoms with Gasteiger partial charge in [0.2, 0.25) is 5.82 Å². The first kappa shape index (κ1) is 15.8. The second kappa shape index (κ2) is 6.64. The van der Waals surface area contributed by atoms with Crippen LogP contribution < -0.4 is 5.32 Å². The maximum absolute atomic E-state index is 12.5. The molecule has 0 aliphatic rings. The first-order chi connectivity index (χ1) is 12.7. The molecule has 26 heavy (non-hydrogen) atoms. The summed E-state index contributed by atoms with van der Waals surface area (Å²) in [5.74, 6) is 0.696. The molecule has 2 heterocycles. The number of H-pyrrole nitrogens is 1. The molecule has 0 saturated carbocycles. The summed E-state index contributed by atoms with van der Waals surface area (Å²) in [5, 5.41) is 13.9. The number of aromatic nitrogens is 5. The van der Waals surface area contributed by atoms with E-state index >= 15 is 0 Å². The molecule has 0 radical (unpaired) electrons. The van der Waals surface area contributed by atoms with Gasteiger partial charge in [0.25, 0.3) is 5.91 Å². The quantitative estimate of drug-likeness (QED) is 0.595. The van der Waals surface area contributed by atoms with Crippen molar-refractivity contribution in [2.24, 2.45) is 0 Å². The van der Waals surface area contributed by atoms with Crippen LogP contribution in [0, 0.1) is 6.92 Å². The molecule has 0 unspecified atom stereocenters. The lowest BCUT2D eigenvalue weighted by Gasteiger charge is -2.05. The Labute approximate surface area is 149 Å². The molecular weight excluding hydrogens is 328 g/mol. The normalized spacial score (nSPS) is 10.7. The van der Waals surface area contributed by atoms with Gasteiger partial charge in [-0.25, -0.2) is 9.67 Å². The first-order valence-corrected chi connectivity index (χ1v) is 8.12. The number of anilines is 1. The zero-order valence-electron chi connectivity index (χ0n) is 14.0. The van der Waals surface area contributed by atoms with E-state index in [1.165, 1.54) is 0 Å². The molecule has 2 aromatic heterocycles. The van der Waals surface area contributed by atoms with E-state index < -0.39 is 5.91 Å². The molecule has 4 aromatic rings. The number of carbonyl (C=O) groups excluding carboxylic acids is 1. The Morgan fingerprint density at radius 3 is 2.38 bits per heavy atom. The van der Waals surface area contributed by atoms with Crippen LogP contribution in [0.4, 0.5) is 5.82 Å². The smallest absolute Gasteiger partial charge is 0.296 e. The van der Waals surface area contributed by atoms with E-state index in [4.69, 9.17) is 0 Å². The van der Waals surface area contributed by atoms with E-state index in [1.54, 1.807) is 10.7 Å². The Balaban J connectivity index is 1.75. The molecule has 4 rings (SSSR count). The second-order valence-corrected chi connectivity index (χ2v) is 5.76. The van der Waals surface area contributed by atoms with Crippen molar-refractivity contribution in [1.82, 2.24) is 25.0 Å². The van der Waals surface area contributed by atoms with E-state index in [2.05, 4.69) is 25.6 Å². The maximum Gasteiger partial charge on any atom is 0.296 e. The Kier molecular flexibility index (Phi) is 4.03. The van der Waals surface area contributed by atoms with Crippen molar-refractivity contribution in [3.05, 3.63) is 78.2 Å². The zero-order valence-corrected chi connectivity index (χ0v) is 14.0. The van der Waals surface area contributed by atoms with Crippen LogP contribution in [0.5, 0.6) is 0 Å². The fourth-order valence-electron chi connectivity index (χ4n) is 2.59. The predicted octanol–water partition coefficient (Wildman–Crippen LogP) is 3.22. The van der Waals surface area contributed by atoms with Crippen molar-refractivity contribution in [1.29, 1.82) is 0 Å². The SMILES string of the molecule is Cc1cc(NC(=O)c2nc(-c3ccccc3)n(-c3ccccc3)n2)n[nH]1. The highest BCUT2D eigenvalue weighted by Gasteiger charge is 2.19. The molecule has 7 nitrogen and oxygen atoms in total. The van der Waals surface area contributed by atoms with Gasteiger partial charge in [-0.3, -0.25) is 9.89 Å². The van der Waals surface area contributed by atoms with Crippen LogP contribution in [0.15, 0.2) is 66.7 Å². The summed E-state index contributed by atoms with van der Waals surface area (Å²) >= 11 is 0. The molecule has 0 bridgehead atoms. The monoisotopic (exact) mass is 344 g/mol. The molecular formula is C19H16N6O. The highest BCUT2D eigenvalue weighted by atomic mass is 16.2. The Morgan fingerprint density at radius 1 is 1.04 bits per heavy atom. The largest absolute Gasteiger partial charge is 0.302 e. The third kappa shape index (κ3) is 3.10. The summed E-state index contributed by atoms with van der Waals surface area (Å²) < 4.78 is 1.67. The molecule has 2 N–H and O–H groups in total. The van der Waals surface area contributed by atoms with E-state index in [9.17, 15) is 4.79 Å². The highest BCUT2D eigenvalue weighted by Crippen LogP contribution is 2.21. The third-order valence-corrected chi connectivity index (χ3v) is 3.79. The minimum Gasteiger partial charge on any atom is -0.302 e. The summed E-state index contributed by atoms with van der Waals surface area (Å²) in [4.78, 5) is 17.0. The van der Waals surface area contributed by atoms with E-state index in [1.807, 2.05) is 67.6 Å². The van der Waals surface area contributed by atoms with Gasteiger partial charge in [0.05, 0.1) is 5.69 Å². The summed E-state index contributed by atoms with van der Waals surface area (Å²) in [6.45, 7) is 1.86. The lowest BCUT2D eigenvalue weighted by molar-refractivity contribution is 0.101. The average Bonchev–Trinajstić information content (AvgIpc) is 3.30. The molecule has 0 fully saturated rings. The Hall–Kier alpha value is -3.74. The number of nitrogens with one attached hydrogen (secondary N) is 2. The van der Waals surface area contributed by atoms with Crippen LogP contribution in [0.2, 0.25) is 0 Å². The van der Waals surface area contributed by atoms with Crippen LogP contribution >= 0.6 is 0 Å². The Morgan fingerprint density at radius 2 is 1.73 bits per heavy atom. The number of benzene rings is 2. The average molecular weight is 344 g/mol. The number of aryl methyl sites for hydroxylation is 1. The molecule has 0 atom stereocenters. The fourth-order valence-corrected chi connectivity index (χ4v) is 2.59. The number of hydrogen-bond donors (Lipinski definition) is 2. The second-order valence-electron chi connectivity index (χ2n) is 5.76. The van der Waals surface area contributed by atoms with Gasteiger partial charge in [-0.05, 0) is 19.1 Å². The summed E-state index contributed by atoms with van der Waals surface area (Å²) in [6.07, 6.45) is 0. The van der Waals surface area contributed by atoms with Gasteiger partial charge in [0.1, 0.15) is 0 Å². The van der Waals surface area contributed by atoms with Crippen molar-refractivity contribution < 1.29 is 4.79 Å². The maximum atomic E-state index is 12.5. The van der Waals surface area contributed by atoms with Gasteiger partial charge in [0, 0.05) is 17.3 Å². The molecule has 7 heteroatoms. The molecule has 128 valence electrons. The van der Waals surface area contributed by atoms with Crippen LogP contribution in [-0.2, 0) is 0 Å². The minimum atomic E-state index is -0.414. The van der Waals surface area contributed by atoms with Crippen LogP contribution in [0.3, 0.4) is 0 Å².